The van der Waals surface area contributed by atoms with E-state index in [4.69, 9.17) is 9.47 Å². The lowest BCUT2D eigenvalue weighted by molar-refractivity contribution is -0.140. The van der Waals surface area contributed by atoms with E-state index in [0.29, 0.717) is 41.1 Å². The molecule has 0 aliphatic heterocycles. The first kappa shape index (κ1) is 19.8. The summed E-state index contributed by atoms with van der Waals surface area (Å²) in [7, 11) is 4.54. The predicted molar refractivity (Wildman–Crippen MR) is 99.0 cm³/mol. The molecule has 0 bridgehead atoms. The van der Waals surface area contributed by atoms with E-state index in [1.54, 1.807) is 27.2 Å². The molecule has 0 atom stereocenters. The highest BCUT2D eigenvalue weighted by atomic mass is 16.5. The molecule has 142 valence electrons. The number of carbonyl (C=O) groups excluding carboxylic acids is 1. The summed E-state index contributed by atoms with van der Waals surface area (Å²) in [6.45, 7) is 1.76. The Morgan fingerprint density at radius 2 is 1.85 bits per heavy atom. The highest BCUT2D eigenvalue weighted by Crippen LogP contribution is 2.36. The van der Waals surface area contributed by atoms with Gasteiger partial charge in [0.1, 0.15) is 5.82 Å². The maximum absolute atomic E-state index is 12.3. The number of unbranched alkanes of at least 4 members (excludes halogenated alkanes) is 3. The van der Waals surface area contributed by atoms with E-state index in [1.807, 2.05) is 0 Å². The van der Waals surface area contributed by atoms with Gasteiger partial charge in [0.05, 0.1) is 32.2 Å². The highest BCUT2D eigenvalue weighted by molar-refractivity contribution is 5.86. The zero-order valence-corrected chi connectivity index (χ0v) is 15.8. The van der Waals surface area contributed by atoms with Crippen LogP contribution in [-0.4, -0.2) is 37.3 Å². The molecule has 0 saturated heterocycles. The van der Waals surface area contributed by atoms with Crippen molar-refractivity contribution in [3.63, 3.8) is 0 Å². The molecule has 0 aliphatic carbocycles. The average molecular weight is 362 g/mol. The van der Waals surface area contributed by atoms with E-state index in [2.05, 4.69) is 14.7 Å². The number of ether oxygens (including phenoxy) is 3. The van der Waals surface area contributed by atoms with Crippen LogP contribution in [0.2, 0.25) is 0 Å². The van der Waals surface area contributed by atoms with Crippen molar-refractivity contribution in [3.05, 3.63) is 27.8 Å². The summed E-state index contributed by atoms with van der Waals surface area (Å²) in [6, 6.07) is 1.67. The molecule has 2 aromatic rings. The van der Waals surface area contributed by atoms with Crippen LogP contribution in [0, 0.1) is 6.92 Å². The summed E-state index contributed by atoms with van der Waals surface area (Å²) in [5.41, 5.74) is 1.34. The van der Waals surface area contributed by atoms with Crippen molar-refractivity contribution in [3.8, 4) is 11.5 Å². The lowest BCUT2D eigenvalue weighted by Gasteiger charge is -2.15. The number of rotatable bonds is 9. The number of benzene rings is 1. The summed E-state index contributed by atoms with van der Waals surface area (Å²) in [6.07, 6.45) is 4.75. The van der Waals surface area contributed by atoms with Gasteiger partial charge in [0, 0.05) is 12.0 Å². The monoisotopic (exact) mass is 362 g/mol. The van der Waals surface area contributed by atoms with Gasteiger partial charge in [0.2, 0.25) is 0 Å². The molecule has 0 aliphatic rings. The Morgan fingerprint density at radius 1 is 1.12 bits per heavy atom. The molecule has 0 fully saturated rings. The van der Waals surface area contributed by atoms with Crippen molar-refractivity contribution in [2.24, 2.45) is 0 Å². The van der Waals surface area contributed by atoms with E-state index in [9.17, 15) is 9.59 Å². The van der Waals surface area contributed by atoms with Crippen molar-refractivity contribution in [1.82, 2.24) is 9.97 Å². The third-order valence-corrected chi connectivity index (χ3v) is 4.34. The molecule has 0 radical (unpaired) electrons. The van der Waals surface area contributed by atoms with E-state index in [1.165, 1.54) is 7.11 Å². The largest absolute Gasteiger partial charge is 0.493 e. The summed E-state index contributed by atoms with van der Waals surface area (Å²) < 4.78 is 15.6. The van der Waals surface area contributed by atoms with Gasteiger partial charge in [-0.25, -0.2) is 4.98 Å². The standard InChI is InChI=1S/C19H26N2O5/c1-12-20-17-13(9-7-5-6-8-10-16(22)25-3)18(26-4)15(24-2)11-14(17)19(23)21-12/h11H,5-10H2,1-4H3,(H,20,21,23). The van der Waals surface area contributed by atoms with Crippen molar-refractivity contribution < 1.29 is 19.0 Å². The van der Waals surface area contributed by atoms with Crippen LogP contribution in [0.15, 0.2) is 10.9 Å². The van der Waals surface area contributed by atoms with Gasteiger partial charge < -0.3 is 19.2 Å². The van der Waals surface area contributed by atoms with Crippen LogP contribution in [0.4, 0.5) is 0 Å². The molecule has 0 saturated carbocycles. The van der Waals surface area contributed by atoms with Gasteiger partial charge in [0.25, 0.3) is 5.56 Å². The maximum atomic E-state index is 12.3. The van der Waals surface area contributed by atoms with Gasteiger partial charge >= 0.3 is 5.97 Å². The zero-order valence-electron chi connectivity index (χ0n) is 15.8. The number of hydrogen-bond donors (Lipinski definition) is 1. The van der Waals surface area contributed by atoms with Gasteiger partial charge in [-0.1, -0.05) is 12.8 Å². The van der Waals surface area contributed by atoms with Crippen LogP contribution >= 0.6 is 0 Å². The zero-order chi connectivity index (χ0) is 19.1. The topological polar surface area (TPSA) is 90.5 Å². The second kappa shape index (κ2) is 9.22. The molecule has 1 N–H and O–H groups in total. The van der Waals surface area contributed by atoms with Crippen LogP contribution in [0.5, 0.6) is 11.5 Å². The molecule has 1 aromatic heterocycles. The van der Waals surface area contributed by atoms with E-state index in [-0.39, 0.29) is 11.5 Å². The first-order chi connectivity index (χ1) is 12.5. The summed E-state index contributed by atoms with van der Waals surface area (Å²) >= 11 is 0. The maximum Gasteiger partial charge on any atom is 0.305 e. The number of nitrogens with one attached hydrogen (secondary N) is 1. The van der Waals surface area contributed by atoms with Crippen LogP contribution in [0.1, 0.15) is 43.5 Å². The smallest absolute Gasteiger partial charge is 0.305 e. The number of carbonyl (C=O) groups is 1. The van der Waals surface area contributed by atoms with Gasteiger partial charge in [-0.2, -0.15) is 0 Å². The predicted octanol–water partition coefficient (Wildman–Crippen LogP) is 2.91. The van der Waals surface area contributed by atoms with Crippen molar-refractivity contribution in [1.29, 1.82) is 0 Å². The Bertz CT molecular complexity index is 829. The number of aryl methyl sites for hydroxylation is 2. The number of fused-ring (bicyclic) bond motifs is 1. The van der Waals surface area contributed by atoms with Gasteiger partial charge in [0.15, 0.2) is 11.5 Å². The fourth-order valence-electron chi connectivity index (χ4n) is 3.05. The first-order valence-corrected chi connectivity index (χ1v) is 8.73. The van der Waals surface area contributed by atoms with E-state index < -0.39 is 0 Å². The minimum atomic E-state index is -0.187. The number of aromatic nitrogens is 2. The Morgan fingerprint density at radius 3 is 2.50 bits per heavy atom. The lowest BCUT2D eigenvalue weighted by atomic mass is 10.0. The summed E-state index contributed by atoms with van der Waals surface area (Å²) in [4.78, 5) is 30.7. The average Bonchev–Trinajstić information content (AvgIpc) is 2.63. The van der Waals surface area contributed by atoms with Crippen molar-refractivity contribution >= 4 is 16.9 Å². The number of methoxy groups -OCH3 is 3. The quantitative estimate of drug-likeness (QED) is 0.545. The molecule has 1 aromatic carbocycles. The lowest BCUT2D eigenvalue weighted by Crippen LogP contribution is -2.12. The van der Waals surface area contributed by atoms with Crippen molar-refractivity contribution in [2.45, 2.75) is 45.4 Å². The second-order valence-corrected chi connectivity index (χ2v) is 6.13. The number of esters is 1. The highest BCUT2D eigenvalue weighted by Gasteiger charge is 2.18. The molecule has 1 heterocycles. The molecule has 2 rings (SSSR count). The normalized spacial score (nSPS) is 10.8. The van der Waals surface area contributed by atoms with Gasteiger partial charge in [-0.05, 0) is 32.3 Å². The second-order valence-electron chi connectivity index (χ2n) is 6.13. The van der Waals surface area contributed by atoms with Gasteiger partial charge in [-0.15, -0.1) is 0 Å². The number of aromatic amines is 1. The fraction of sp³-hybridized carbons (Fsp3) is 0.526. The molecule has 0 unspecified atom stereocenters. The molecule has 26 heavy (non-hydrogen) atoms. The SMILES string of the molecule is COC(=O)CCCCCCc1c(OC)c(OC)cc2c(=O)[nH]c(C)nc12. The molecular formula is C19H26N2O5. The minimum absolute atomic E-state index is 0.177. The third kappa shape index (κ3) is 4.53. The van der Waals surface area contributed by atoms with E-state index in [0.717, 1.165) is 31.2 Å². The molecule has 0 spiro atoms. The fourth-order valence-corrected chi connectivity index (χ4v) is 3.05. The third-order valence-electron chi connectivity index (χ3n) is 4.34. The van der Waals surface area contributed by atoms with E-state index >= 15 is 0 Å². The Labute approximate surface area is 152 Å². The molecular weight excluding hydrogens is 336 g/mol. The van der Waals surface area contributed by atoms with Crippen molar-refractivity contribution in [2.75, 3.05) is 21.3 Å². The molecule has 7 nitrogen and oxygen atoms in total. The summed E-state index contributed by atoms with van der Waals surface area (Å²) in [5.74, 6) is 1.53. The molecule has 7 heteroatoms. The summed E-state index contributed by atoms with van der Waals surface area (Å²) in [5, 5.41) is 0.494. The number of H-pyrrole nitrogens is 1. The first-order valence-electron chi connectivity index (χ1n) is 8.73. The Kier molecular flexibility index (Phi) is 7.00. The van der Waals surface area contributed by atoms with Crippen LogP contribution in [-0.2, 0) is 16.0 Å². The molecule has 0 amide bonds. The Hall–Kier alpha value is -2.57. The van der Waals surface area contributed by atoms with Gasteiger partial charge in [-0.3, -0.25) is 9.59 Å². The number of hydrogen-bond acceptors (Lipinski definition) is 6. The van der Waals surface area contributed by atoms with Crippen LogP contribution < -0.4 is 15.0 Å². The Balaban J connectivity index is 2.21. The van der Waals surface area contributed by atoms with Crippen LogP contribution in [0.25, 0.3) is 10.9 Å². The minimum Gasteiger partial charge on any atom is -0.493 e. The number of nitrogens with zero attached hydrogens (tertiary/aromatic N) is 1. The van der Waals surface area contributed by atoms with Crippen LogP contribution in [0.3, 0.4) is 0 Å².